The first kappa shape index (κ1) is 10.7. The van der Waals surface area contributed by atoms with Crippen molar-refractivity contribution >= 4 is 17.6 Å². The van der Waals surface area contributed by atoms with Crippen LogP contribution in [0.1, 0.15) is 17.4 Å². The molecule has 0 saturated heterocycles. The summed E-state index contributed by atoms with van der Waals surface area (Å²) in [7, 11) is 0. The quantitative estimate of drug-likeness (QED) is 0.696. The van der Waals surface area contributed by atoms with Gasteiger partial charge >= 0.3 is 5.97 Å². The molecule has 0 radical (unpaired) electrons. The first-order valence-electron chi connectivity index (χ1n) is 4.06. The van der Waals surface area contributed by atoms with Crippen molar-refractivity contribution in [1.29, 1.82) is 0 Å². The lowest BCUT2D eigenvalue weighted by Gasteiger charge is -1.99. The van der Waals surface area contributed by atoms with E-state index < -0.39 is 11.9 Å². The van der Waals surface area contributed by atoms with Crippen LogP contribution in [-0.2, 0) is 4.79 Å². The van der Waals surface area contributed by atoms with Crippen LogP contribution >= 0.6 is 0 Å². The van der Waals surface area contributed by atoms with E-state index in [1.807, 2.05) is 0 Å². The highest BCUT2D eigenvalue weighted by atomic mass is 16.4. The Balaban J connectivity index is 2.75. The second-order valence-corrected chi connectivity index (χ2v) is 2.57. The number of carbonyl (C=O) groups is 2. The molecule has 2 N–H and O–H groups in total. The Morgan fingerprint density at radius 2 is 2.20 bits per heavy atom. The fourth-order valence-corrected chi connectivity index (χ4v) is 0.870. The SMILES string of the molecule is CC#CC(=O)Nc1ccc(C(=O)O)nc1. The van der Waals surface area contributed by atoms with Crippen molar-refractivity contribution in [2.24, 2.45) is 0 Å². The lowest BCUT2D eigenvalue weighted by atomic mass is 10.3. The average Bonchev–Trinajstić information content (AvgIpc) is 2.18. The first-order valence-corrected chi connectivity index (χ1v) is 4.06. The van der Waals surface area contributed by atoms with Crippen molar-refractivity contribution in [1.82, 2.24) is 4.98 Å². The third-order valence-electron chi connectivity index (χ3n) is 1.48. The second-order valence-electron chi connectivity index (χ2n) is 2.57. The minimum Gasteiger partial charge on any atom is -0.477 e. The van der Waals surface area contributed by atoms with Crippen LogP contribution in [0.4, 0.5) is 5.69 Å². The monoisotopic (exact) mass is 204 g/mol. The van der Waals surface area contributed by atoms with E-state index in [0.717, 1.165) is 0 Å². The molecule has 0 aliphatic rings. The van der Waals surface area contributed by atoms with Crippen LogP contribution in [0.2, 0.25) is 0 Å². The maximum Gasteiger partial charge on any atom is 0.354 e. The van der Waals surface area contributed by atoms with Gasteiger partial charge in [-0.3, -0.25) is 4.79 Å². The molecule has 1 amide bonds. The van der Waals surface area contributed by atoms with Gasteiger partial charge in [0.2, 0.25) is 0 Å². The molecule has 0 spiro atoms. The van der Waals surface area contributed by atoms with Crippen molar-refractivity contribution in [3.8, 4) is 11.8 Å². The maximum absolute atomic E-state index is 11.0. The van der Waals surface area contributed by atoms with Gasteiger partial charge in [-0.05, 0) is 25.0 Å². The first-order chi connectivity index (χ1) is 7.13. The number of anilines is 1. The van der Waals surface area contributed by atoms with E-state index in [9.17, 15) is 9.59 Å². The summed E-state index contributed by atoms with van der Waals surface area (Å²) >= 11 is 0. The highest BCUT2D eigenvalue weighted by Crippen LogP contribution is 2.05. The lowest BCUT2D eigenvalue weighted by Crippen LogP contribution is -2.09. The molecule has 1 aromatic heterocycles. The Morgan fingerprint density at radius 1 is 1.47 bits per heavy atom. The number of carboxylic acids is 1. The van der Waals surface area contributed by atoms with Crippen LogP contribution in [0.3, 0.4) is 0 Å². The van der Waals surface area contributed by atoms with E-state index in [0.29, 0.717) is 5.69 Å². The molecular formula is C10H8N2O3. The standard InChI is InChI=1S/C10H8N2O3/c1-2-3-9(13)12-7-4-5-8(10(14)15)11-6-7/h4-6H,1H3,(H,12,13)(H,14,15). The molecule has 1 aromatic rings. The number of amides is 1. The van der Waals surface area contributed by atoms with Gasteiger partial charge in [-0.25, -0.2) is 9.78 Å². The van der Waals surface area contributed by atoms with Crippen molar-refractivity contribution in [3.63, 3.8) is 0 Å². The molecule has 0 saturated carbocycles. The summed E-state index contributed by atoms with van der Waals surface area (Å²) in [5.74, 6) is 3.16. The Kier molecular flexibility index (Phi) is 3.41. The Bertz CT molecular complexity index is 440. The van der Waals surface area contributed by atoms with Crippen LogP contribution in [0, 0.1) is 11.8 Å². The molecule has 0 fully saturated rings. The van der Waals surface area contributed by atoms with Crippen molar-refractivity contribution in [3.05, 3.63) is 24.0 Å². The van der Waals surface area contributed by atoms with E-state index in [-0.39, 0.29) is 5.69 Å². The minimum absolute atomic E-state index is 0.0745. The van der Waals surface area contributed by atoms with Gasteiger partial charge in [0.1, 0.15) is 5.69 Å². The molecule has 0 unspecified atom stereocenters. The summed E-state index contributed by atoms with van der Waals surface area (Å²) in [6, 6.07) is 2.75. The summed E-state index contributed by atoms with van der Waals surface area (Å²) in [5.41, 5.74) is 0.335. The summed E-state index contributed by atoms with van der Waals surface area (Å²) < 4.78 is 0. The number of aromatic carboxylic acids is 1. The highest BCUT2D eigenvalue weighted by molar-refractivity contribution is 6.03. The number of aromatic nitrogens is 1. The zero-order chi connectivity index (χ0) is 11.3. The van der Waals surface area contributed by atoms with Gasteiger partial charge in [0.05, 0.1) is 11.9 Å². The summed E-state index contributed by atoms with van der Waals surface area (Å²) in [6.07, 6.45) is 1.26. The van der Waals surface area contributed by atoms with Gasteiger partial charge in [-0.1, -0.05) is 5.92 Å². The molecule has 5 nitrogen and oxygen atoms in total. The molecule has 0 atom stereocenters. The van der Waals surface area contributed by atoms with E-state index in [1.54, 1.807) is 6.92 Å². The van der Waals surface area contributed by atoms with Gasteiger partial charge in [0.25, 0.3) is 5.91 Å². The van der Waals surface area contributed by atoms with Crippen LogP contribution in [0.5, 0.6) is 0 Å². The van der Waals surface area contributed by atoms with Crippen molar-refractivity contribution < 1.29 is 14.7 Å². The summed E-state index contributed by atoms with van der Waals surface area (Å²) in [5, 5.41) is 11.0. The molecule has 0 bridgehead atoms. The molecule has 1 heterocycles. The molecule has 5 heteroatoms. The zero-order valence-corrected chi connectivity index (χ0v) is 7.94. The normalized spacial score (nSPS) is 8.60. The van der Waals surface area contributed by atoms with Gasteiger partial charge in [0, 0.05) is 0 Å². The Hall–Kier alpha value is -2.35. The number of hydrogen-bond acceptors (Lipinski definition) is 3. The zero-order valence-electron chi connectivity index (χ0n) is 7.94. The van der Waals surface area contributed by atoms with Crippen LogP contribution in [0.15, 0.2) is 18.3 Å². The minimum atomic E-state index is -1.11. The summed E-state index contributed by atoms with van der Waals surface area (Å²) in [6.45, 7) is 1.55. The lowest BCUT2D eigenvalue weighted by molar-refractivity contribution is -0.111. The van der Waals surface area contributed by atoms with Crippen molar-refractivity contribution in [2.45, 2.75) is 6.92 Å². The Morgan fingerprint density at radius 3 is 2.67 bits per heavy atom. The third-order valence-corrected chi connectivity index (χ3v) is 1.48. The van der Waals surface area contributed by atoms with Crippen LogP contribution in [0.25, 0.3) is 0 Å². The number of rotatable bonds is 2. The van der Waals surface area contributed by atoms with Gasteiger partial charge in [-0.15, -0.1) is 0 Å². The third kappa shape index (κ3) is 3.12. The number of carbonyl (C=O) groups excluding carboxylic acids is 1. The number of carboxylic acid groups (broad SMARTS) is 1. The van der Waals surface area contributed by atoms with Gasteiger partial charge in [0.15, 0.2) is 0 Å². The molecule has 76 valence electrons. The number of hydrogen-bond donors (Lipinski definition) is 2. The second kappa shape index (κ2) is 4.77. The van der Waals surface area contributed by atoms with E-state index >= 15 is 0 Å². The van der Waals surface area contributed by atoms with Gasteiger partial charge < -0.3 is 10.4 Å². The summed E-state index contributed by atoms with van der Waals surface area (Å²) in [4.78, 5) is 25.1. The predicted molar refractivity (Wildman–Crippen MR) is 53.3 cm³/mol. The highest BCUT2D eigenvalue weighted by Gasteiger charge is 2.04. The molecule has 0 aromatic carbocycles. The topological polar surface area (TPSA) is 79.3 Å². The smallest absolute Gasteiger partial charge is 0.354 e. The number of nitrogens with zero attached hydrogens (tertiary/aromatic N) is 1. The molecule has 0 aliphatic heterocycles. The van der Waals surface area contributed by atoms with E-state index in [1.165, 1.54) is 18.3 Å². The molecule has 1 rings (SSSR count). The number of nitrogens with one attached hydrogen (secondary N) is 1. The molecule has 15 heavy (non-hydrogen) atoms. The largest absolute Gasteiger partial charge is 0.477 e. The van der Waals surface area contributed by atoms with Crippen molar-refractivity contribution in [2.75, 3.05) is 5.32 Å². The fraction of sp³-hybridized carbons (Fsp3) is 0.100. The van der Waals surface area contributed by atoms with E-state index in [4.69, 9.17) is 5.11 Å². The van der Waals surface area contributed by atoms with Crippen LogP contribution in [-0.4, -0.2) is 22.0 Å². The molecule has 0 aliphatic carbocycles. The predicted octanol–water partition coefficient (Wildman–Crippen LogP) is 0.742. The maximum atomic E-state index is 11.0. The Labute approximate surface area is 86.1 Å². The fourth-order valence-electron chi connectivity index (χ4n) is 0.870. The van der Waals surface area contributed by atoms with Crippen LogP contribution < -0.4 is 5.32 Å². The number of pyridine rings is 1. The molecular weight excluding hydrogens is 196 g/mol. The van der Waals surface area contributed by atoms with E-state index in [2.05, 4.69) is 22.1 Å². The average molecular weight is 204 g/mol. The van der Waals surface area contributed by atoms with Gasteiger partial charge in [-0.2, -0.15) is 0 Å².